The van der Waals surface area contributed by atoms with Gasteiger partial charge in [0, 0.05) is 19.0 Å². The Hall–Kier alpha value is -0.860. The molecule has 2 aliphatic rings. The molecule has 0 unspecified atom stereocenters. The number of amides is 1. The van der Waals surface area contributed by atoms with E-state index >= 15 is 0 Å². The van der Waals surface area contributed by atoms with E-state index in [0.717, 1.165) is 18.8 Å². The van der Waals surface area contributed by atoms with E-state index in [1.165, 1.54) is 0 Å². The average Bonchev–Trinajstić information content (AvgIpc) is 2.28. The number of rotatable bonds is 1. The van der Waals surface area contributed by atoms with Crippen LogP contribution in [-0.2, 0) is 9.59 Å². The second-order valence-corrected chi connectivity index (χ2v) is 3.90. The summed E-state index contributed by atoms with van der Waals surface area (Å²) in [6.07, 6.45) is 2.60. The number of ketones is 1. The lowest BCUT2D eigenvalue weighted by Crippen LogP contribution is -2.45. The quantitative estimate of drug-likeness (QED) is 0.536. The van der Waals surface area contributed by atoms with Crippen molar-refractivity contribution in [3.05, 3.63) is 0 Å². The zero-order chi connectivity index (χ0) is 8.72. The number of carbonyl (C=O) groups is 2. The first-order chi connectivity index (χ1) is 5.68. The maximum Gasteiger partial charge on any atom is 0.290 e. The molecule has 2 rings (SSSR count). The number of carbonyl (C=O) groups excluding carboxylic acids is 2. The Morgan fingerprint density at radius 1 is 1.33 bits per heavy atom. The van der Waals surface area contributed by atoms with Crippen molar-refractivity contribution in [2.75, 3.05) is 6.54 Å². The molecule has 1 saturated heterocycles. The molecular formula is C9H13NO2. The smallest absolute Gasteiger partial charge is 0.290 e. The molecule has 0 bridgehead atoms. The standard InChI is InChI=1S/C9H13NO2/c1-6-4-7(5-6)10-3-2-8(11)9(10)12/h6-7H,2-5H2,1H3. The fourth-order valence-electron chi connectivity index (χ4n) is 2.05. The van der Waals surface area contributed by atoms with Crippen molar-refractivity contribution in [1.82, 2.24) is 4.90 Å². The summed E-state index contributed by atoms with van der Waals surface area (Å²) in [5, 5.41) is 0. The first-order valence-electron chi connectivity index (χ1n) is 4.52. The molecule has 3 nitrogen and oxygen atoms in total. The third-order valence-corrected chi connectivity index (χ3v) is 2.87. The molecule has 0 spiro atoms. The highest BCUT2D eigenvalue weighted by molar-refractivity contribution is 6.37. The van der Waals surface area contributed by atoms with E-state index < -0.39 is 0 Å². The molecule has 0 aromatic carbocycles. The molecule has 1 amide bonds. The highest BCUT2D eigenvalue weighted by atomic mass is 16.2. The number of hydrogen-bond donors (Lipinski definition) is 0. The minimum Gasteiger partial charge on any atom is -0.333 e. The summed E-state index contributed by atoms with van der Waals surface area (Å²) in [5.41, 5.74) is 0. The second-order valence-electron chi connectivity index (χ2n) is 3.90. The van der Waals surface area contributed by atoms with Gasteiger partial charge in [0.15, 0.2) is 0 Å². The fraction of sp³-hybridized carbons (Fsp3) is 0.778. The monoisotopic (exact) mass is 167 g/mol. The highest BCUT2D eigenvalue weighted by Gasteiger charge is 2.39. The van der Waals surface area contributed by atoms with Gasteiger partial charge < -0.3 is 4.90 Å². The van der Waals surface area contributed by atoms with Gasteiger partial charge in [0.05, 0.1) is 0 Å². The van der Waals surface area contributed by atoms with Crippen LogP contribution in [-0.4, -0.2) is 29.2 Å². The molecule has 3 heteroatoms. The molecular weight excluding hydrogens is 154 g/mol. The molecule has 66 valence electrons. The van der Waals surface area contributed by atoms with Crippen molar-refractivity contribution in [2.45, 2.75) is 32.2 Å². The lowest BCUT2D eigenvalue weighted by molar-refractivity contribution is -0.142. The van der Waals surface area contributed by atoms with Crippen LogP contribution in [0.4, 0.5) is 0 Å². The average molecular weight is 167 g/mol. The van der Waals surface area contributed by atoms with Crippen LogP contribution in [0.25, 0.3) is 0 Å². The zero-order valence-corrected chi connectivity index (χ0v) is 7.25. The lowest BCUT2D eigenvalue weighted by atomic mass is 9.81. The van der Waals surface area contributed by atoms with Crippen molar-refractivity contribution in [3.63, 3.8) is 0 Å². The third-order valence-electron chi connectivity index (χ3n) is 2.87. The molecule has 1 aliphatic heterocycles. The highest BCUT2D eigenvalue weighted by Crippen LogP contribution is 2.32. The Balaban J connectivity index is 1.98. The zero-order valence-electron chi connectivity index (χ0n) is 7.25. The van der Waals surface area contributed by atoms with Gasteiger partial charge in [-0.15, -0.1) is 0 Å². The summed E-state index contributed by atoms with van der Waals surface area (Å²) >= 11 is 0. The molecule has 1 aliphatic carbocycles. The van der Waals surface area contributed by atoms with E-state index in [1.807, 2.05) is 0 Å². The lowest BCUT2D eigenvalue weighted by Gasteiger charge is -2.39. The van der Waals surface area contributed by atoms with Gasteiger partial charge in [0.25, 0.3) is 5.91 Å². The van der Waals surface area contributed by atoms with Crippen LogP contribution in [0.1, 0.15) is 26.2 Å². The van der Waals surface area contributed by atoms with Gasteiger partial charge in [0.1, 0.15) is 0 Å². The van der Waals surface area contributed by atoms with Crippen molar-refractivity contribution >= 4 is 11.7 Å². The normalized spacial score (nSPS) is 35.6. The minimum absolute atomic E-state index is 0.199. The van der Waals surface area contributed by atoms with Crippen molar-refractivity contribution in [2.24, 2.45) is 5.92 Å². The van der Waals surface area contributed by atoms with Crippen LogP contribution in [0.5, 0.6) is 0 Å². The molecule has 0 N–H and O–H groups in total. The molecule has 0 aromatic rings. The van der Waals surface area contributed by atoms with E-state index in [9.17, 15) is 9.59 Å². The maximum absolute atomic E-state index is 11.2. The first-order valence-corrected chi connectivity index (χ1v) is 4.52. The summed E-state index contributed by atoms with van der Waals surface area (Å²) < 4.78 is 0. The second kappa shape index (κ2) is 2.57. The van der Waals surface area contributed by atoms with Gasteiger partial charge in [-0.2, -0.15) is 0 Å². The fourth-order valence-corrected chi connectivity index (χ4v) is 2.05. The van der Waals surface area contributed by atoms with E-state index in [-0.39, 0.29) is 11.7 Å². The molecule has 0 aromatic heterocycles. The Bertz CT molecular complexity index is 231. The predicted octanol–water partition coefficient (Wildman–Crippen LogP) is 0.586. The van der Waals surface area contributed by atoms with Gasteiger partial charge in [-0.05, 0) is 18.8 Å². The van der Waals surface area contributed by atoms with Crippen LogP contribution in [0.2, 0.25) is 0 Å². The van der Waals surface area contributed by atoms with Gasteiger partial charge in [-0.3, -0.25) is 9.59 Å². The predicted molar refractivity (Wildman–Crippen MR) is 43.5 cm³/mol. The molecule has 0 atom stereocenters. The van der Waals surface area contributed by atoms with Crippen molar-refractivity contribution in [3.8, 4) is 0 Å². The Morgan fingerprint density at radius 3 is 2.42 bits per heavy atom. The van der Waals surface area contributed by atoms with Gasteiger partial charge >= 0.3 is 0 Å². The first kappa shape index (κ1) is 7.77. The number of nitrogens with zero attached hydrogens (tertiary/aromatic N) is 1. The summed E-state index contributed by atoms with van der Waals surface area (Å²) in [6, 6.07) is 0.374. The Kier molecular flexibility index (Phi) is 1.67. The van der Waals surface area contributed by atoms with Crippen LogP contribution in [0, 0.1) is 5.92 Å². The van der Waals surface area contributed by atoms with E-state index in [2.05, 4.69) is 6.92 Å². The summed E-state index contributed by atoms with van der Waals surface area (Å²) in [6.45, 7) is 2.84. The van der Waals surface area contributed by atoms with Gasteiger partial charge in [-0.25, -0.2) is 0 Å². The van der Waals surface area contributed by atoms with E-state index in [0.29, 0.717) is 19.0 Å². The summed E-state index contributed by atoms with van der Waals surface area (Å²) in [4.78, 5) is 23.9. The number of Topliss-reactive ketones (excluding diaryl/α,β-unsaturated/α-hetero) is 1. The van der Waals surface area contributed by atoms with E-state index in [4.69, 9.17) is 0 Å². The van der Waals surface area contributed by atoms with Crippen LogP contribution in [0.15, 0.2) is 0 Å². The molecule has 1 saturated carbocycles. The van der Waals surface area contributed by atoms with Gasteiger partial charge in [0.2, 0.25) is 5.78 Å². The molecule has 2 fully saturated rings. The minimum atomic E-state index is -0.244. The Morgan fingerprint density at radius 2 is 2.00 bits per heavy atom. The van der Waals surface area contributed by atoms with Crippen molar-refractivity contribution < 1.29 is 9.59 Å². The van der Waals surface area contributed by atoms with E-state index in [1.54, 1.807) is 4.90 Å². The maximum atomic E-state index is 11.2. The largest absolute Gasteiger partial charge is 0.333 e. The topological polar surface area (TPSA) is 37.4 Å². The Labute approximate surface area is 71.7 Å². The SMILES string of the molecule is CC1CC(N2CCC(=O)C2=O)C1. The van der Waals surface area contributed by atoms with Gasteiger partial charge in [-0.1, -0.05) is 6.92 Å². The molecule has 12 heavy (non-hydrogen) atoms. The number of hydrogen-bond acceptors (Lipinski definition) is 2. The molecule has 0 radical (unpaired) electrons. The third kappa shape index (κ3) is 1.04. The van der Waals surface area contributed by atoms with Crippen LogP contribution >= 0.6 is 0 Å². The number of likely N-dealkylation sites (tertiary alicyclic amines) is 1. The summed E-state index contributed by atoms with van der Waals surface area (Å²) in [5.74, 6) is 0.292. The molecule has 1 heterocycles. The van der Waals surface area contributed by atoms with Crippen LogP contribution in [0.3, 0.4) is 0 Å². The summed E-state index contributed by atoms with van der Waals surface area (Å²) in [7, 11) is 0. The van der Waals surface area contributed by atoms with Crippen LogP contribution < -0.4 is 0 Å². The van der Waals surface area contributed by atoms with Crippen molar-refractivity contribution in [1.29, 1.82) is 0 Å².